The van der Waals surface area contributed by atoms with E-state index in [-0.39, 0.29) is 30.5 Å². The first kappa shape index (κ1) is 18.4. The van der Waals surface area contributed by atoms with Gasteiger partial charge < -0.3 is 10.1 Å². The highest BCUT2D eigenvalue weighted by molar-refractivity contribution is 6.07. The Morgan fingerprint density at radius 2 is 1.93 bits per heavy atom. The van der Waals surface area contributed by atoms with Crippen LogP contribution >= 0.6 is 0 Å². The number of rotatable bonds is 3. The van der Waals surface area contributed by atoms with Crippen LogP contribution < -0.4 is 5.32 Å². The van der Waals surface area contributed by atoms with Crippen LogP contribution in [0, 0.1) is 11.7 Å². The van der Waals surface area contributed by atoms with Gasteiger partial charge in [-0.2, -0.15) is 0 Å². The third-order valence-electron chi connectivity index (χ3n) is 6.11. The van der Waals surface area contributed by atoms with E-state index in [1.165, 1.54) is 17.0 Å². The van der Waals surface area contributed by atoms with Crippen LogP contribution in [0.15, 0.2) is 24.3 Å². The third-order valence-corrected chi connectivity index (χ3v) is 6.11. The molecule has 1 aliphatic carbocycles. The van der Waals surface area contributed by atoms with Crippen molar-refractivity contribution in [3.05, 3.63) is 35.6 Å². The Morgan fingerprint density at radius 3 is 2.63 bits per heavy atom. The molecule has 7 heteroatoms. The van der Waals surface area contributed by atoms with Crippen LogP contribution in [-0.4, -0.2) is 53.6 Å². The van der Waals surface area contributed by atoms with Crippen molar-refractivity contribution < 1.29 is 18.7 Å². The molecule has 3 amide bonds. The molecule has 0 unspecified atom stereocenters. The van der Waals surface area contributed by atoms with Gasteiger partial charge >= 0.3 is 6.03 Å². The number of hydrogen-bond acceptors (Lipinski definition) is 4. The standard InChI is InChI=1S/C20H26FN3O3/c1-14-6-8-20(9-7-14)18(25)24(19(26)22-20)13-23-10-11-27-17(12-23)15-2-4-16(21)5-3-15/h2-5,14,17H,6-13H2,1H3,(H,22,26)/t14?,17-,20?/m1/s1. The lowest BCUT2D eigenvalue weighted by Crippen LogP contribution is -2.51. The van der Waals surface area contributed by atoms with Crippen LogP contribution in [0.25, 0.3) is 0 Å². The Morgan fingerprint density at radius 1 is 1.22 bits per heavy atom. The SMILES string of the molecule is CC1CCC2(CC1)NC(=O)N(CN1CCO[C@@H](c3ccc(F)cc3)C1)C2=O. The van der Waals surface area contributed by atoms with E-state index in [1.807, 2.05) is 0 Å². The van der Waals surface area contributed by atoms with Crippen molar-refractivity contribution in [3.63, 3.8) is 0 Å². The van der Waals surface area contributed by atoms with Crippen LogP contribution in [0.4, 0.5) is 9.18 Å². The maximum absolute atomic E-state index is 13.1. The zero-order valence-corrected chi connectivity index (χ0v) is 15.6. The summed E-state index contributed by atoms with van der Waals surface area (Å²) in [5.74, 6) is 0.229. The molecule has 3 fully saturated rings. The van der Waals surface area contributed by atoms with Crippen molar-refractivity contribution in [3.8, 4) is 0 Å². The molecule has 4 rings (SSSR count). The molecular formula is C20H26FN3O3. The maximum atomic E-state index is 13.1. The van der Waals surface area contributed by atoms with Gasteiger partial charge in [0.15, 0.2) is 0 Å². The zero-order chi connectivity index (χ0) is 19.0. The molecule has 6 nitrogen and oxygen atoms in total. The summed E-state index contributed by atoms with van der Waals surface area (Å²) < 4.78 is 19.0. The van der Waals surface area contributed by atoms with Crippen LogP contribution in [0.5, 0.6) is 0 Å². The average Bonchev–Trinajstić information content (AvgIpc) is 2.89. The maximum Gasteiger partial charge on any atom is 0.326 e. The van der Waals surface area contributed by atoms with Crippen LogP contribution in [0.3, 0.4) is 0 Å². The number of halogens is 1. The highest BCUT2D eigenvalue weighted by Crippen LogP contribution is 2.36. The number of carbonyl (C=O) groups is 2. The number of carbonyl (C=O) groups excluding carboxylic acids is 2. The highest BCUT2D eigenvalue weighted by atomic mass is 19.1. The van der Waals surface area contributed by atoms with E-state index in [4.69, 9.17) is 4.74 Å². The van der Waals surface area contributed by atoms with Gasteiger partial charge in [0.2, 0.25) is 0 Å². The lowest BCUT2D eigenvalue weighted by molar-refractivity contribution is -0.135. The molecule has 0 radical (unpaired) electrons. The van der Waals surface area contributed by atoms with E-state index in [9.17, 15) is 14.0 Å². The molecule has 0 aromatic heterocycles. The molecule has 1 saturated carbocycles. The van der Waals surface area contributed by atoms with Crippen molar-refractivity contribution in [2.45, 2.75) is 44.2 Å². The van der Waals surface area contributed by atoms with Gasteiger partial charge in [-0.1, -0.05) is 19.1 Å². The number of ether oxygens (including phenoxy) is 1. The summed E-state index contributed by atoms with van der Waals surface area (Å²) in [5.41, 5.74) is 0.197. The fourth-order valence-electron chi connectivity index (χ4n) is 4.31. The van der Waals surface area contributed by atoms with Crippen molar-refractivity contribution in [2.24, 2.45) is 5.92 Å². The summed E-state index contributed by atoms with van der Waals surface area (Å²) in [6.45, 7) is 4.18. The average molecular weight is 375 g/mol. The Hall–Kier alpha value is -1.99. The highest BCUT2D eigenvalue weighted by Gasteiger charge is 2.52. The second kappa shape index (κ2) is 7.20. The molecule has 2 saturated heterocycles. The quantitative estimate of drug-likeness (QED) is 0.825. The summed E-state index contributed by atoms with van der Waals surface area (Å²) in [6.07, 6.45) is 3.17. The minimum Gasteiger partial charge on any atom is -0.371 e. The molecule has 1 spiro atoms. The molecule has 1 N–H and O–H groups in total. The predicted octanol–water partition coefficient (Wildman–Crippen LogP) is 2.66. The van der Waals surface area contributed by atoms with Crippen LogP contribution in [-0.2, 0) is 9.53 Å². The molecule has 146 valence electrons. The van der Waals surface area contributed by atoms with E-state index in [2.05, 4.69) is 17.1 Å². The molecule has 27 heavy (non-hydrogen) atoms. The first-order valence-electron chi connectivity index (χ1n) is 9.70. The second-order valence-electron chi connectivity index (χ2n) is 8.06. The predicted molar refractivity (Wildman–Crippen MR) is 97.3 cm³/mol. The first-order valence-corrected chi connectivity index (χ1v) is 9.70. The second-order valence-corrected chi connectivity index (χ2v) is 8.06. The van der Waals surface area contributed by atoms with Gasteiger partial charge in [-0.05, 0) is 49.3 Å². The van der Waals surface area contributed by atoms with Gasteiger partial charge in [0.05, 0.1) is 19.4 Å². The van der Waals surface area contributed by atoms with E-state index in [1.54, 1.807) is 12.1 Å². The monoisotopic (exact) mass is 375 g/mol. The van der Waals surface area contributed by atoms with Crippen molar-refractivity contribution in [1.29, 1.82) is 0 Å². The minimum atomic E-state index is -0.702. The van der Waals surface area contributed by atoms with Gasteiger partial charge in [-0.3, -0.25) is 9.69 Å². The molecular weight excluding hydrogens is 349 g/mol. The van der Waals surface area contributed by atoms with Gasteiger partial charge in [0.25, 0.3) is 5.91 Å². The number of nitrogens with zero attached hydrogens (tertiary/aromatic N) is 2. The van der Waals surface area contributed by atoms with E-state index >= 15 is 0 Å². The summed E-state index contributed by atoms with van der Waals surface area (Å²) in [7, 11) is 0. The van der Waals surface area contributed by atoms with Gasteiger partial charge in [-0.15, -0.1) is 0 Å². The minimum absolute atomic E-state index is 0.0933. The summed E-state index contributed by atoms with van der Waals surface area (Å²) in [5, 5.41) is 2.97. The molecule has 2 aliphatic heterocycles. The number of benzene rings is 1. The lowest BCUT2D eigenvalue weighted by atomic mass is 9.77. The van der Waals surface area contributed by atoms with Crippen molar-refractivity contribution in [1.82, 2.24) is 15.1 Å². The summed E-state index contributed by atoms with van der Waals surface area (Å²) in [6, 6.07) is 5.98. The van der Waals surface area contributed by atoms with Crippen molar-refractivity contribution >= 4 is 11.9 Å². The van der Waals surface area contributed by atoms with E-state index in [0.29, 0.717) is 25.6 Å². The molecule has 1 aromatic carbocycles. The number of imide groups is 1. The van der Waals surface area contributed by atoms with E-state index in [0.717, 1.165) is 31.2 Å². The van der Waals surface area contributed by atoms with Gasteiger partial charge in [0, 0.05) is 13.1 Å². The lowest BCUT2D eigenvalue weighted by Gasteiger charge is -2.36. The smallest absolute Gasteiger partial charge is 0.326 e. The zero-order valence-electron chi connectivity index (χ0n) is 15.6. The summed E-state index contributed by atoms with van der Waals surface area (Å²) >= 11 is 0. The van der Waals surface area contributed by atoms with Crippen molar-refractivity contribution in [2.75, 3.05) is 26.4 Å². The third kappa shape index (κ3) is 3.58. The normalized spacial score (nSPS) is 32.1. The number of nitrogens with one attached hydrogen (secondary N) is 1. The van der Waals surface area contributed by atoms with Crippen LogP contribution in [0.2, 0.25) is 0 Å². The molecule has 1 aromatic rings. The Balaban J connectivity index is 1.42. The Labute approximate surface area is 158 Å². The topological polar surface area (TPSA) is 61.9 Å². The Bertz CT molecular complexity index is 716. The number of urea groups is 1. The van der Waals surface area contributed by atoms with Gasteiger partial charge in [-0.25, -0.2) is 14.1 Å². The number of hydrogen-bond donors (Lipinski definition) is 1. The Kier molecular flexibility index (Phi) is 4.90. The molecule has 0 bridgehead atoms. The number of morpholine rings is 1. The molecule has 2 heterocycles. The van der Waals surface area contributed by atoms with Crippen LogP contribution in [0.1, 0.15) is 44.3 Å². The fourth-order valence-corrected chi connectivity index (χ4v) is 4.31. The first-order chi connectivity index (χ1) is 13.0. The number of amides is 3. The largest absolute Gasteiger partial charge is 0.371 e. The fraction of sp³-hybridized carbons (Fsp3) is 0.600. The molecule has 3 aliphatic rings. The summed E-state index contributed by atoms with van der Waals surface area (Å²) in [4.78, 5) is 28.9. The molecule has 1 atom stereocenters. The van der Waals surface area contributed by atoms with E-state index < -0.39 is 5.54 Å². The van der Waals surface area contributed by atoms with Gasteiger partial charge in [0.1, 0.15) is 11.4 Å².